The molecule has 178 valence electrons. The monoisotopic (exact) mass is 469 g/mol. The molecule has 0 radical (unpaired) electrons. The first-order valence-electron chi connectivity index (χ1n) is 10.3. The van der Waals surface area contributed by atoms with Gasteiger partial charge in [-0.3, -0.25) is 10.1 Å². The van der Waals surface area contributed by atoms with E-state index >= 15 is 0 Å². The van der Waals surface area contributed by atoms with E-state index < -0.39 is 4.92 Å². The molecule has 34 heavy (non-hydrogen) atoms. The fourth-order valence-electron chi connectivity index (χ4n) is 3.71. The van der Waals surface area contributed by atoms with Crippen molar-refractivity contribution >= 4 is 33.8 Å². The molecule has 0 saturated heterocycles. The number of anilines is 3. The van der Waals surface area contributed by atoms with Gasteiger partial charge in [0.05, 0.1) is 44.2 Å². The van der Waals surface area contributed by atoms with E-state index in [1.807, 2.05) is 17.0 Å². The van der Waals surface area contributed by atoms with Crippen LogP contribution >= 0.6 is 0 Å². The number of nitro groups is 1. The van der Waals surface area contributed by atoms with Crippen LogP contribution in [0.1, 0.15) is 5.76 Å². The summed E-state index contributed by atoms with van der Waals surface area (Å²) in [7, 11) is 4.73. The molecule has 12 heteroatoms. The summed E-state index contributed by atoms with van der Waals surface area (Å²) in [6.07, 6.45) is 1.56. The highest BCUT2D eigenvalue weighted by molar-refractivity contribution is 6.01. The van der Waals surface area contributed by atoms with Crippen LogP contribution in [0.3, 0.4) is 0 Å². The minimum atomic E-state index is -0.535. The number of benzene rings is 2. The molecule has 0 bridgehead atoms. The summed E-state index contributed by atoms with van der Waals surface area (Å²) in [4.78, 5) is 14.9. The summed E-state index contributed by atoms with van der Waals surface area (Å²) in [6.45, 7) is 0.251. The van der Waals surface area contributed by atoms with Crippen molar-refractivity contribution in [3.05, 3.63) is 58.5 Å². The highest BCUT2D eigenvalue weighted by Gasteiger charge is 2.30. The van der Waals surface area contributed by atoms with Crippen LogP contribution in [-0.2, 0) is 6.54 Å². The summed E-state index contributed by atoms with van der Waals surface area (Å²) in [5.74, 6) is 1.69. The Kier molecular flexibility index (Phi) is 6.50. The van der Waals surface area contributed by atoms with E-state index in [-0.39, 0.29) is 42.1 Å². The third-order valence-corrected chi connectivity index (χ3v) is 5.36. The summed E-state index contributed by atoms with van der Waals surface area (Å²) in [5.41, 5.74) is 1.36. The fourth-order valence-corrected chi connectivity index (χ4v) is 3.71. The molecule has 2 aromatic heterocycles. The molecule has 1 N–H and O–H groups in total. The molecule has 0 saturated carbocycles. The number of hydrogen-bond donors (Lipinski definition) is 1. The minimum Gasteiger partial charge on any atom is -0.493 e. The first kappa shape index (κ1) is 22.9. The maximum atomic E-state index is 12.0. The Bertz CT molecular complexity index is 1290. The predicted octanol–water partition coefficient (Wildman–Crippen LogP) is 3.51. The molecule has 12 nitrogen and oxygen atoms in total. The molecule has 0 aliphatic rings. The van der Waals surface area contributed by atoms with E-state index in [0.29, 0.717) is 28.6 Å². The molecule has 0 aliphatic heterocycles. The van der Waals surface area contributed by atoms with Crippen molar-refractivity contribution in [1.29, 1.82) is 0 Å². The van der Waals surface area contributed by atoms with Crippen molar-refractivity contribution in [3.8, 4) is 11.5 Å². The second kappa shape index (κ2) is 9.67. The number of rotatable bonds is 10. The van der Waals surface area contributed by atoms with Crippen molar-refractivity contribution < 1.29 is 28.5 Å². The van der Waals surface area contributed by atoms with E-state index in [9.17, 15) is 15.2 Å². The highest BCUT2D eigenvalue weighted by Crippen LogP contribution is 2.43. The van der Waals surface area contributed by atoms with Crippen molar-refractivity contribution in [1.82, 2.24) is 10.3 Å². The number of aromatic nitrogens is 2. The lowest BCUT2D eigenvalue weighted by atomic mass is 10.1. The normalized spacial score (nSPS) is 10.9. The molecule has 0 atom stereocenters. The van der Waals surface area contributed by atoms with Gasteiger partial charge in [0, 0.05) is 25.3 Å². The Morgan fingerprint density at radius 1 is 1.09 bits per heavy atom. The van der Waals surface area contributed by atoms with Gasteiger partial charge in [-0.25, -0.2) is 4.63 Å². The first-order chi connectivity index (χ1) is 16.5. The van der Waals surface area contributed by atoms with Gasteiger partial charge in [0.2, 0.25) is 5.52 Å². The van der Waals surface area contributed by atoms with Gasteiger partial charge in [0.15, 0.2) is 17.0 Å². The Balaban J connectivity index is 1.97. The Morgan fingerprint density at radius 2 is 1.85 bits per heavy atom. The van der Waals surface area contributed by atoms with Gasteiger partial charge in [-0.05, 0) is 40.6 Å². The molecule has 2 aromatic carbocycles. The first-order valence-corrected chi connectivity index (χ1v) is 10.3. The lowest BCUT2D eigenvalue weighted by Crippen LogP contribution is -2.23. The van der Waals surface area contributed by atoms with Crippen LogP contribution in [0.15, 0.2) is 51.7 Å². The number of fused-ring (bicyclic) bond motifs is 1. The van der Waals surface area contributed by atoms with E-state index in [1.54, 1.807) is 49.6 Å². The van der Waals surface area contributed by atoms with Gasteiger partial charge in [-0.2, -0.15) is 0 Å². The van der Waals surface area contributed by atoms with Crippen molar-refractivity contribution in [2.45, 2.75) is 6.54 Å². The molecule has 4 aromatic rings. The van der Waals surface area contributed by atoms with Crippen LogP contribution < -0.4 is 19.3 Å². The van der Waals surface area contributed by atoms with Crippen LogP contribution in [0.25, 0.3) is 11.0 Å². The Labute approximate surface area is 194 Å². The molecule has 0 fully saturated rings. The van der Waals surface area contributed by atoms with Gasteiger partial charge < -0.3 is 28.8 Å². The maximum absolute atomic E-state index is 12.0. The number of nitro benzene ring substituents is 1. The highest BCUT2D eigenvalue weighted by atomic mass is 16.6. The number of hydrogen-bond acceptors (Lipinski definition) is 11. The third-order valence-electron chi connectivity index (χ3n) is 5.36. The summed E-state index contributed by atoms with van der Waals surface area (Å²) >= 11 is 0. The summed E-state index contributed by atoms with van der Waals surface area (Å²) in [6, 6.07) is 10.6. The zero-order valence-electron chi connectivity index (χ0n) is 18.8. The SMILES string of the molecule is COc1ccc(N(Cc2ccco2)c2cc(N(C)CCO)c([N+](=O)[O-])c3nonc23)cc1OC. The largest absolute Gasteiger partial charge is 0.493 e. The molecule has 0 unspecified atom stereocenters. The van der Waals surface area contributed by atoms with Crippen LogP contribution in [0.4, 0.5) is 22.7 Å². The Hall–Kier alpha value is -4.32. The number of furan rings is 1. The third kappa shape index (κ3) is 4.18. The number of methoxy groups -OCH3 is 2. The standard InChI is InChI=1S/C22H23N5O7/c1-25(8-9-28)17-12-16(20-21(24-34-23-20)22(17)27(29)30)26(13-15-5-4-10-33-15)14-6-7-18(31-2)19(11-14)32-3/h4-7,10-12,28H,8-9,13H2,1-3H3. The smallest absolute Gasteiger partial charge is 0.323 e. The predicted molar refractivity (Wildman–Crippen MR) is 123 cm³/mol. The second-order valence-electron chi connectivity index (χ2n) is 7.33. The number of nitrogens with zero attached hydrogens (tertiary/aromatic N) is 5. The van der Waals surface area contributed by atoms with Gasteiger partial charge in [-0.1, -0.05) is 0 Å². The van der Waals surface area contributed by atoms with Gasteiger partial charge in [0.25, 0.3) is 0 Å². The van der Waals surface area contributed by atoms with Crippen LogP contribution in [0.2, 0.25) is 0 Å². The van der Waals surface area contributed by atoms with Crippen LogP contribution in [-0.4, -0.2) is 54.8 Å². The number of aliphatic hydroxyl groups excluding tert-OH is 1. The van der Waals surface area contributed by atoms with Gasteiger partial charge >= 0.3 is 5.69 Å². The molecule has 2 heterocycles. The minimum absolute atomic E-state index is 0.00721. The molecule has 0 amide bonds. The van der Waals surface area contributed by atoms with E-state index in [4.69, 9.17) is 18.5 Å². The molecule has 0 aliphatic carbocycles. The molecule has 4 rings (SSSR count). The average Bonchev–Trinajstić information content (AvgIpc) is 3.53. The Morgan fingerprint density at radius 3 is 2.50 bits per heavy atom. The van der Waals surface area contributed by atoms with E-state index in [2.05, 4.69) is 10.3 Å². The topological polar surface area (TPSA) is 140 Å². The van der Waals surface area contributed by atoms with Crippen molar-refractivity contribution in [2.75, 3.05) is 44.2 Å². The van der Waals surface area contributed by atoms with Crippen molar-refractivity contribution in [2.24, 2.45) is 0 Å². The molecule has 0 spiro atoms. The number of likely N-dealkylation sites (N-methyl/N-ethyl adjacent to an activating group) is 1. The number of aliphatic hydroxyl groups is 1. The van der Waals surface area contributed by atoms with E-state index in [0.717, 1.165) is 0 Å². The number of ether oxygens (including phenoxy) is 2. The van der Waals surface area contributed by atoms with Crippen LogP contribution in [0.5, 0.6) is 11.5 Å². The maximum Gasteiger partial charge on any atom is 0.323 e. The van der Waals surface area contributed by atoms with E-state index in [1.165, 1.54) is 7.11 Å². The average molecular weight is 469 g/mol. The van der Waals surface area contributed by atoms with Gasteiger partial charge in [0.1, 0.15) is 11.4 Å². The quantitative estimate of drug-likeness (QED) is 0.269. The summed E-state index contributed by atoms with van der Waals surface area (Å²) in [5, 5.41) is 29.2. The lowest BCUT2D eigenvalue weighted by Gasteiger charge is -2.27. The van der Waals surface area contributed by atoms with Crippen LogP contribution in [0, 0.1) is 10.1 Å². The zero-order valence-corrected chi connectivity index (χ0v) is 18.8. The van der Waals surface area contributed by atoms with Gasteiger partial charge in [-0.15, -0.1) is 0 Å². The molecular formula is C22H23N5O7. The fraction of sp³-hybridized carbons (Fsp3) is 0.273. The summed E-state index contributed by atoms with van der Waals surface area (Å²) < 4.78 is 21.3. The lowest BCUT2D eigenvalue weighted by molar-refractivity contribution is -0.382. The zero-order chi connectivity index (χ0) is 24.2. The second-order valence-corrected chi connectivity index (χ2v) is 7.33. The van der Waals surface area contributed by atoms with Crippen molar-refractivity contribution in [3.63, 3.8) is 0 Å². The molecular weight excluding hydrogens is 446 g/mol.